The van der Waals surface area contributed by atoms with Crippen LogP contribution >= 0.6 is 14.7 Å². The van der Waals surface area contributed by atoms with Crippen molar-refractivity contribution in [2.75, 3.05) is 0 Å². The zero-order chi connectivity index (χ0) is 18.9. The van der Waals surface area contributed by atoms with Crippen LogP contribution in [0.5, 0.6) is 0 Å². The maximum atomic E-state index is 14.1. The molecule has 0 amide bonds. The summed E-state index contributed by atoms with van der Waals surface area (Å²) in [6.07, 6.45) is 0. The van der Waals surface area contributed by atoms with Crippen LogP contribution in [0.25, 0.3) is 0 Å². The van der Waals surface area contributed by atoms with Gasteiger partial charge >= 0.3 is 0 Å². The number of rotatable bonds is 4. The molecule has 2 rings (SSSR count). The predicted molar refractivity (Wildman–Crippen MR) is 108 cm³/mol. The quantitative estimate of drug-likeness (QED) is 0.631. The lowest BCUT2D eigenvalue weighted by Crippen LogP contribution is -2.30. The molecule has 0 fully saturated rings. The summed E-state index contributed by atoms with van der Waals surface area (Å²) in [6.45, 7) is 11.2. The van der Waals surface area contributed by atoms with E-state index in [2.05, 4.69) is 0 Å². The first kappa shape index (κ1) is 20.2. The highest BCUT2D eigenvalue weighted by Gasteiger charge is 2.50. The Kier molecular flexibility index (Phi) is 5.55. The standard InChI is InChI=1S/C20H28O3P2/c1-19(2,3)24(21,17-13-9-7-10-14-17)23-25(22,20(4,5)6)18-15-11-8-12-16-18/h7-16H,1-6H3. The third-order valence-corrected chi connectivity index (χ3v) is 11.5. The third kappa shape index (κ3) is 3.85. The van der Waals surface area contributed by atoms with Crippen LogP contribution in [0.4, 0.5) is 0 Å². The molecular formula is C20H28O3P2. The largest absolute Gasteiger partial charge is 0.287 e. The van der Waals surface area contributed by atoms with Crippen LogP contribution in [-0.2, 0) is 13.4 Å². The van der Waals surface area contributed by atoms with E-state index in [-0.39, 0.29) is 0 Å². The smallest absolute Gasteiger partial charge is 0.243 e. The van der Waals surface area contributed by atoms with E-state index in [1.807, 2.05) is 77.9 Å². The molecule has 0 heterocycles. The lowest BCUT2D eigenvalue weighted by Gasteiger charge is -2.38. The molecule has 0 aliphatic rings. The Morgan fingerprint density at radius 3 is 1.12 bits per heavy atom. The van der Waals surface area contributed by atoms with Gasteiger partial charge in [-0.3, -0.25) is 13.4 Å². The Bertz CT molecular complexity index is 731. The van der Waals surface area contributed by atoms with Gasteiger partial charge in [0.15, 0.2) is 0 Å². The van der Waals surface area contributed by atoms with Crippen molar-refractivity contribution in [3.8, 4) is 0 Å². The predicted octanol–water partition coefficient (Wildman–Crippen LogP) is 5.81. The van der Waals surface area contributed by atoms with E-state index in [9.17, 15) is 9.13 Å². The van der Waals surface area contributed by atoms with Gasteiger partial charge in [0.1, 0.15) is 0 Å². The molecule has 0 aliphatic carbocycles. The van der Waals surface area contributed by atoms with E-state index < -0.39 is 25.0 Å². The molecule has 2 aromatic rings. The van der Waals surface area contributed by atoms with E-state index in [1.165, 1.54) is 0 Å². The maximum Gasteiger partial charge on any atom is 0.243 e. The summed E-state index contributed by atoms with van der Waals surface area (Å²) in [4.78, 5) is 0. The van der Waals surface area contributed by atoms with E-state index in [0.717, 1.165) is 0 Å². The Balaban J connectivity index is 2.68. The summed E-state index contributed by atoms with van der Waals surface area (Å²) in [6, 6.07) is 18.3. The van der Waals surface area contributed by atoms with Crippen molar-refractivity contribution < 1.29 is 13.4 Å². The zero-order valence-electron chi connectivity index (χ0n) is 15.9. The van der Waals surface area contributed by atoms with Crippen molar-refractivity contribution in [2.24, 2.45) is 0 Å². The molecular weight excluding hydrogens is 350 g/mol. The molecule has 0 bridgehead atoms. The minimum Gasteiger partial charge on any atom is -0.287 e. The molecule has 0 radical (unpaired) electrons. The Labute approximate surface area is 151 Å². The highest BCUT2D eigenvalue weighted by Crippen LogP contribution is 2.72. The van der Waals surface area contributed by atoms with Gasteiger partial charge in [0.05, 0.1) is 0 Å². The molecule has 2 atom stereocenters. The molecule has 5 heteroatoms. The van der Waals surface area contributed by atoms with E-state index >= 15 is 0 Å². The number of hydrogen-bond acceptors (Lipinski definition) is 3. The molecule has 25 heavy (non-hydrogen) atoms. The van der Waals surface area contributed by atoms with Crippen LogP contribution in [0.1, 0.15) is 41.5 Å². The number of hydrogen-bond donors (Lipinski definition) is 0. The molecule has 0 saturated heterocycles. The normalized spacial score (nSPS) is 17.5. The van der Waals surface area contributed by atoms with Gasteiger partial charge in [-0.15, -0.1) is 0 Å². The second-order valence-corrected chi connectivity index (χ2v) is 14.8. The SMILES string of the molecule is CC(C)(C)P(=O)(OP(=O)(c1ccccc1)C(C)(C)C)c1ccccc1. The summed E-state index contributed by atoms with van der Waals surface area (Å²) in [7, 11) is -6.80. The fourth-order valence-corrected chi connectivity index (χ4v) is 9.21. The Morgan fingerprint density at radius 2 is 0.880 bits per heavy atom. The lowest BCUT2D eigenvalue weighted by molar-refractivity contribution is 0.431. The van der Waals surface area contributed by atoms with Gasteiger partial charge in [-0.1, -0.05) is 77.9 Å². The Morgan fingerprint density at radius 1 is 0.600 bits per heavy atom. The first-order valence-corrected chi connectivity index (χ1v) is 11.7. The summed E-state index contributed by atoms with van der Waals surface area (Å²) in [5.74, 6) is 0. The Hall–Kier alpha value is -1.14. The molecule has 0 N–H and O–H groups in total. The topological polar surface area (TPSA) is 43.4 Å². The van der Waals surface area contributed by atoms with E-state index in [1.54, 1.807) is 24.3 Å². The second-order valence-electron chi connectivity index (χ2n) is 8.20. The first-order chi connectivity index (χ1) is 11.4. The lowest BCUT2D eigenvalue weighted by atomic mass is 10.3. The minimum absolute atomic E-state index is 0.600. The molecule has 2 unspecified atom stereocenters. The molecule has 0 saturated carbocycles. The van der Waals surface area contributed by atoms with Crippen LogP contribution < -0.4 is 10.6 Å². The van der Waals surface area contributed by atoms with Gasteiger partial charge < -0.3 is 0 Å². The highest BCUT2D eigenvalue weighted by atomic mass is 31.2. The van der Waals surface area contributed by atoms with Crippen LogP contribution in [-0.4, -0.2) is 10.3 Å². The van der Waals surface area contributed by atoms with Crippen LogP contribution in [0.3, 0.4) is 0 Å². The molecule has 2 aromatic carbocycles. The summed E-state index contributed by atoms with van der Waals surface area (Å²) in [5.41, 5.74) is 0. The second kappa shape index (κ2) is 6.88. The van der Waals surface area contributed by atoms with Gasteiger partial charge in [-0.05, 0) is 24.3 Å². The number of benzene rings is 2. The maximum absolute atomic E-state index is 14.1. The van der Waals surface area contributed by atoms with Crippen molar-refractivity contribution in [3.05, 3.63) is 60.7 Å². The van der Waals surface area contributed by atoms with E-state index in [0.29, 0.717) is 10.6 Å². The van der Waals surface area contributed by atoms with Gasteiger partial charge in [0.2, 0.25) is 14.7 Å². The van der Waals surface area contributed by atoms with Crippen molar-refractivity contribution in [2.45, 2.75) is 51.9 Å². The fourth-order valence-electron chi connectivity index (χ4n) is 2.52. The average molecular weight is 378 g/mol. The van der Waals surface area contributed by atoms with Crippen molar-refractivity contribution in [3.63, 3.8) is 0 Å². The van der Waals surface area contributed by atoms with Crippen LogP contribution in [0.15, 0.2) is 60.7 Å². The van der Waals surface area contributed by atoms with E-state index in [4.69, 9.17) is 4.31 Å². The molecule has 3 nitrogen and oxygen atoms in total. The van der Waals surface area contributed by atoms with Crippen molar-refractivity contribution >= 4 is 25.3 Å². The molecule has 136 valence electrons. The fraction of sp³-hybridized carbons (Fsp3) is 0.400. The highest BCUT2D eigenvalue weighted by molar-refractivity contribution is 7.80. The first-order valence-electron chi connectivity index (χ1n) is 8.45. The zero-order valence-corrected chi connectivity index (χ0v) is 17.7. The monoisotopic (exact) mass is 378 g/mol. The van der Waals surface area contributed by atoms with Gasteiger partial charge in [0.25, 0.3) is 0 Å². The summed E-state index contributed by atoms with van der Waals surface area (Å²) >= 11 is 0. The molecule has 0 spiro atoms. The average Bonchev–Trinajstić information content (AvgIpc) is 2.54. The summed E-state index contributed by atoms with van der Waals surface area (Å²) in [5, 5.41) is -0.153. The van der Waals surface area contributed by atoms with Gasteiger partial charge in [-0.2, -0.15) is 0 Å². The minimum atomic E-state index is -3.40. The van der Waals surface area contributed by atoms with Crippen molar-refractivity contribution in [1.29, 1.82) is 0 Å². The van der Waals surface area contributed by atoms with Crippen LogP contribution in [0.2, 0.25) is 0 Å². The summed E-state index contributed by atoms with van der Waals surface area (Å²) < 4.78 is 34.4. The van der Waals surface area contributed by atoms with Gasteiger partial charge in [-0.25, -0.2) is 0 Å². The molecule has 0 aliphatic heterocycles. The molecule has 0 aromatic heterocycles. The van der Waals surface area contributed by atoms with Crippen LogP contribution in [0, 0.1) is 0 Å². The third-order valence-electron chi connectivity index (χ3n) is 4.19. The van der Waals surface area contributed by atoms with Crippen molar-refractivity contribution in [1.82, 2.24) is 0 Å². The van der Waals surface area contributed by atoms with Gasteiger partial charge in [0, 0.05) is 20.9 Å².